The van der Waals surface area contributed by atoms with E-state index in [0.717, 1.165) is 37.6 Å². The topological polar surface area (TPSA) is 44.2 Å². The minimum Gasteiger partial charge on any atom is -0.494 e. The molecule has 0 bridgehead atoms. The Morgan fingerprint density at radius 1 is 0.643 bits per heavy atom. The van der Waals surface area contributed by atoms with E-state index in [1.807, 2.05) is 0 Å². The summed E-state index contributed by atoms with van der Waals surface area (Å²) in [5.41, 5.74) is -2.74. The highest BCUT2D eigenvalue weighted by molar-refractivity contribution is 5.66. The van der Waals surface area contributed by atoms with Crippen molar-refractivity contribution in [3.05, 3.63) is 60.2 Å². The summed E-state index contributed by atoms with van der Waals surface area (Å²) in [6.07, 6.45) is -2.98. The van der Waals surface area contributed by atoms with Crippen LogP contribution in [0.3, 0.4) is 0 Å². The first-order chi connectivity index (χ1) is 25.6. The van der Waals surface area contributed by atoms with Crippen LogP contribution in [0, 0.1) is 11.7 Å². The summed E-state index contributed by atoms with van der Waals surface area (Å²) in [5, 5.41) is 0. The lowest BCUT2D eigenvalue weighted by Crippen LogP contribution is -2.74. The summed E-state index contributed by atoms with van der Waals surface area (Å²) >= 11 is 0. The molecule has 310 valence electrons. The van der Waals surface area contributed by atoms with Crippen LogP contribution in [0.15, 0.2) is 48.8 Å². The van der Waals surface area contributed by atoms with Gasteiger partial charge in [0.1, 0.15) is 22.9 Å². The molecule has 56 heavy (non-hydrogen) atoms. The van der Waals surface area contributed by atoms with Crippen molar-refractivity contribution in [3.8, 4) is 34.0 Å². The molecule has 3 aromatic rings. The summed E-state index contributed by atoms with van der Waals surface area (Å²) in [4.78, 5) is 7.55. The Morgan fingerprint density at radius 2 is 1.18 bits per heavy atom. The summed E-state index contributed by atoms with van der Waals surface area (Å²) in [5.74, 6) is -59.5. The standard InChI is InChI=1S/C34H26F18N2O2/c35-24-21(25-53-15-19(16-54-25)18-8-10-20(11-9-18)55-14-4-2-1-3-5-17-6-7-17)12-13-22-23(24)27(36,37)26(56-22)28(38,39)29(40,41)30(42,43)31(44,45)32(46,47)33(48,49)34(50,51)52/h8-13,15-17,26H,1-7,14H2. The summed E-state index contributed by atoms with van der Waals surface area (Å²) in [6.45, 7) is 0.464. The van der Waals surface area contributed by atoms with Crippen LogP contribution in [0.2, 0.25) is 0 Å². The Bertz CT molecular complexity index is 1860. The van der Waals surface area contributed by atoms with Gasteiger partial charge in [0.15, 0.2) is 5.82 Å². The molecular formula is C34H26F18N2O2. The fraction of sp³-hybridized carbons (Fsp3) is 0.529. The minimum absolute atomic E-state index is 0.185. The van der Waals surface area contributed by atoms with Gasteiger partial charge in [-0.2, -0.15) is 74.6 Å². The lowest BCUT2D eigenvalue weighted by Gasteiger charge is -2.42. The third-order valence-corrected chi connectivity index (χ3v) is 9.25. The maximum Gasteiger partial charge on any atom is 0.460 e. The second kappa shape index (κ2) is 14.4. The molecular weight excluding hydrogens is 810 g/mol. The smallest absolute Gasteiger partial charge is 0.460 e. The molecule has 2 aliphatic rings. The van der Waals surface area contributed by atoms with Crippen molar-refractivity contribution >= 4 is 0 Å². The number of aromatic nitrogens is 2. The normalized spacial score (nSPS) is 18.1. The number of halogens is 18. The van der Waals surface area contributed by atoms with Crippen LogP contribution < -0.4 is 9.47 Å². The Balaban J connectivity index is 1.32. The van der Waals surface area contributed by atoms with Gasteiger partial charge >= 0.3 is 47.6 Å². The first kappa shape index (κ1) is 43.0. The monoisotopic (exact) mass is 836 g/mol. The first-order valence-corrected chi connectivity index (χ1v) is 16.4. The van der Waals surface area contributed by atoms with Crippen molar-refractivity contribution < 1.29 is 88.5 Å². The van der Waals surface area contributed by atoms with Crippen molar-refractivity contribution in [1.82, 2.24) is 9.97 Å². The number of nitrogens with zero attached hydrogens (tertiary/aromatic N) is 2. The van der Waals surface area contributed by atoms with Crippen LogP contribution in [-0.2, 0) is 5.92 Å². The van der Waals surface area contributed by atoms with Crippen molar-refractivity contribution in [2.75, 3.05) is 6.61 Å². The van der Waals surface area contributed by atoms with Gasteiger partial charge in [-0.05, 0) is 42.2 Å². The number of benzene rings is 2. The second-order valence-corrected chi connectivity index (χ2v) is 13.2. The Kier molecular flexibility index (Phi) is 11.0. The molecule has 5 rings (SSSR count). The Hall–Kier alpha value is -4.14. The molecule has 1 aliphatic carbocycles. The van der Waals surface area contributed by atoms with Crippen molar-refractivity contribution in [3.63, 3.8) is 0 Å². The molecule has 22 heteroatoms. The van der Waals surface area contributed by atoms with Crippen molar-refractivity contribution in [2.45, 2.75) is 98.7 Å². The highest BCUT2D eigenvalue weighted by atomic mass is 19.4. The van der Waals surface area contributed by atoms with Gasteiger partial charge in [-0.15, -0.1) is 0 Å². The highest BCUT2D eigenvalue weighted by Crippen LogP contribution is 2.65. The van der Waals surface area contributed by atoms with Gasteiger partial charge in [-0.25, -0.2) is 14.4 Å². The zero-order valence-corrected chi connectivity index (χ0v) is 27.9. The Labute approximate surface area is 304 Å². The molecule has 1 aliphatic heterocycles. The fourth-order valence-corrected chi connectivity index (χ4v) is 5.76. The molecule has 1 saturated carbocycles. The van der Waals surface area contributed by atoms with Crippen LogP contribution in [0.25, 0.3) is 22.5 Å². The van der Waals surface area contributed by atoms with E-state index in [4.69, 9.17) is 4.74 Å². The van der Waals surface area contributed by atoms with Crippen LogP contribution in [-0.4, -0.2) is 64.4 Å². The highest BCUT2D eigenvalue weighted by Gasteiger charge is 2.94. The zero-order chi connectivity index (χ0) is 41.9. The van der Waals surface area contributed by atoms with Crippen molar-refractivity contribution in [1.29, 1.82) is 0 Å². The zero-order valence-electron chi connectivity index (χ0n) is 27.9. The van der Waals surface area contributed by atoms with Gasteiger partial charge in [-0.1, -0.05) is 50.7 Å². The van der Waals surface area contributed by atoms with Gasteiger partial charge in [0, 0.05) is 18.0 Å². The lowest BCUT2D eigenvalue weighted by molar-refractivity contribution is -0.457. The number of alkyl halides is 17. The molecule has 2 aromatic carbocycles. The van der Waals surface area contributed by atoms with Gasteiger partial charge < -0.3 is 9.47 Å². The quantitative estimate of drug-likeness (QED) is 0.106. The molecule has 2 heterocycles. The van der Waals surface area contributed by atoms with Crippen LogP contribution in [0.5, 0.6) is 11.5 Å². The molecule has 0 saturated heterocycles. The SMILES string of the molecule is Fc1c(-c2ncc(-c3ccc(OCCCCCCC4CC4)cc3)cn2)ccc2c1C(F)(F)C(C(F)(F)C(F)(F)C(F)(F)C(F)(F)C(F)(F)C(F)(F)C(F)(F)F)O2. The van der Waals surface area contributed by atoms with E-state index in [9.17, 15) is 65.9 Å². The summed E-state index contributed by atoms with van der Waals surface area (Å²) in [6, 6.07) is 7.01. The third-order valence-electron chi connectivity index (χ3n) is 9.25. The van der Waals surface area contributed by atoms with E-state index in [0.29, 0.717) is 24.0 Å². The van der Waals surface area contributed by atoms with E-state index in [2.05, 4.69) is 14.7 Å². The van der Waals surface area contributed by atoms with E-state index >= 15 is 13.2 Å². The van der Waals surface area contributed by atoms with Gasteiger partial charge in [-0.3, -0.25) is 0 Å². The number of ether oxygens (including phenoxy) is 2. The Morgan fingerprint density at radius 3 is 1.73 bits per heavy atom. The molecule has 1 unspecified atom stereocenters. The van der Waals surface area contributed by atoms with Crippen LogP contribution in [0.1, 0.15) is 50.5 Å². The van der Waals surface area contributed by atoms with E-state index in [1.165, 1.54) is 25.7 Å². The molecule has 0 N–H and O–H groups in total. The van der Waals surface area contributed by atoms with E-state index in [1.54, 1.807) is 24.3 Å². The van der Waals surface area contributed by atoms with Gasteiger partial charge in [0.2, 0.25) is 6.10 Å². The minimum atomic E-state index is -8.71. The molecule has 1 aromatic heterocycles. The number of fused-ring (bicyclic) bond motifs is 1. The predicted octanol–water partition coefficient (Wildman–Crippen LogP) is 11.9. The van der Waals surface area contributed by atoms with E-state index in [-0.39, 0.29) is 11.6 Å². The molecule has 0 amide bonds. The molecule has 4 nitrogen and oxygen atoms in total. The average molecular weight is 837 g/mol. The maximum absolute atomic E-state index is 15.5. The number of hydrogen-bond acceptors (Lipinski definition) is 4. The van der Waals surface area contributed by atoms with Crippen LogP contribution in [0.4, 0.5) is 79.0 Å². The molecule has 0 spiro atoms. The first-order valence-electron chi connectivity index (χ1n) is 16.4. The fourth-order valence-electron chi connectivity index (χ4n) is 5.76. The molecule has 1 fully saturated rings. The van der Waals surface area contributed by atoms with Crippen molar-refractivity contribution in [2.24, 2.45) is 5.92 Å². The van der Waals surface area contributed by atoms with Crippen LogP contribution >= 0.6 is 0 Å². The number of hydrogen-bond donors (Lipinski definition) is 0. The summed E-state index contributed by atoms with van der Waals surface area (Å²) in [7, 11) is 0. The summed E-state index contributed by atoms with van der Waals surface area (Å²) < 4.78 is 261. The molecule has 0 radical (unpaired) electrons. The lowest BCUT2D eigenvalue weighted by atomic mass is 9.87. The number of rotatable bonds is 16. The van der Waals surface area contributed by atoms with E-state index < -0.39 is 82.3 Å². The van der Waals surface area contributed by atoms with Gasteiger partial charge in [0.05, 0.1) is 12.2 Å². The molecule has 1 atom stereocenters. The van der Waals surface area contributed by atoms with Gasteiger partial charge in [0.25, 0.3) is 0 Å². The largest absolute Gasteiger partial charge is 0.494 e. The third kappa shape index (κ3) is 7.06. The maximum atomic E-state index is 15.5. The second-order valence-electron chi connectivity index (χ2n) is 13.2. The predicted molar refractivity (Wildman–Crippen MR) is 158 cm³/mol. The number of unbranched alkanes of at least 4 members (excludes halogenated alkanes) is 3. The average Bonchev–Trinajstić information content (AvgIpc) is 3.89.